The molecule has 0 spiro atoms. The SMILES string of the molecule is O=C1Nc2ccc(Br)cc2C1(O)c1cc(Cl)ccc1O. The van der Waals surface area contributed by atoms with Crippen molar-refractivity contribution >= 4 is 39.1 Å². The van der Waals surface area contributed by atoms with Crippen molar-refractivity contribution in [3.63, 3.8) is 0 Å². The van der Waals surface area contributed by atoms with Crippen molar-refractivity contribution in [2.45, 2.75) is 5.60 Å². The highest BCUT2D eigenvalue weighted by atomic mass is 79.9. The number of phenols is 1. The van der Waals surface area contributed by atoms with Gasteiger partial charge in [-0.05, 0) is 36.4 Å². The van der Waals surface area contributed by atoms with Gasteiger partial charge in [0.2, 0.25) is 0 Å². The first-order valence-electron chi connectivity index (χ1n) is 5.76. The molecule has 6 heteroatoms. The third kappa shape index (κ3) is 1.82. The number of nitrogens with one attached hydrogen (secondary N) is 1. The highest BCUT2D eigenvalue weighted by molar-refractivity contribution is 9.10. The molecule has 3 rings (SSSR count). The Labute approximate surface area is 128 Å². The molecular weight excluding hydrogens is 346 g/mol. The maximum absolute atomic E-state index is 12.2. The summed E-state index contributed by atoms with van der Waals surface area (Å²) in [7, 11) is 0. The average molecular weight is 355 g/mol. The minimum Gasteiger partial charge on any atom is -0.508 e. The number of amides is 1. The van der Waals surface area contributed by atoms with Crippen molar-refractivity contribution in [2.75, 3.05) is 5.32 Å². The van der Waals surface area contributed by atoms with Crippen LogP contribution in [0.15, 0.2) is 40.9 Å². The second kappa shape index (κ2) is 4.48. The van der Waals surface area contributed by atoms with Crippen molar-refractivity contribution < 1.29 is 15.0 Å². The lowest BCUT2D eigenvalue weighted by Crippen LogP contribution is -2.35. The molecule has 20 heavy (non-hydrogen) atoms. The summed E-state index contributed by atoms with van der Waals surface area (Å²) in [5.41, 5.74) is -1.04. The van der Waals surface area contributed by atoms with Crippen LogP contribution in [0.1, 0.15) is 11.1 Å². The van der Waals surface area contributed by atoms with Crippen LogP contribution < -0.4 is 5.32 Å². The van der Waals surface area contributed by atoms with Gasteiger partial charge in [0.15, 0.2) is 5.60 Å². The van der Waals surface area contributed by atoms with Crippen LogP contribution in [0.3, 0.4) is 0 Å². The maximum atomic E-state index is 12.2. The Morgan fingerprint density at radius 2 is 1.90 bits per heavy atom. The van der Waals surface area contributed by atoms with E-state index in [0.717, 1.165) is 0 Å². The van der Waals surface area contributed by atoms with Gasteiger partial charge in [-0.25, -0.2) is 0 Å². The Bertz CT molecular complexity index is 734. The van der Waals surface area contributed by atoms with Gasteiger partial charge in [0, 0.05) is 26.3 Å². The second-order valence-corrected chi connectivity index (χ2v) is 5.87. The Balaban J connectivity index is 2.29. The molecule has 0 saturated carbocycles. The van der Waals surface area contributed by atoms with E-state index >= 15 is 0 Å². The van der Waals surface area contributed by atoms with Crippen LogP contribution >= 0.6 is 27.5 Å². The van der Waals surface area contributed by atoms with E-state index in [1.54, 1.807) is 18.2 Å². The van der Waals surface area contributed by atoms with Gasteiger partial charge in [0.1, 0.15) is 5.75 Å². The summed E-state index contributed by atoms with van der Waals surface area (Å²) in [6, 6.07) is 9.27. The van der Waals surface area contributed by atoms with Crippen LogP contribution in [0.25, 0.3) is 0 Å². The summed E-state index contributed by atoms with van der Waals surface area (Å²) in [5, 5.41) is 23.7. The molecule has 0 aliphatic carbocycles. The number of carbonyl (C=O) groups excluding carboxylic acids is 1. The predicted molar refractivity (Wildman–Crippen MR) is 78.9 cm³/mol. The van der Waals surface area contributed by atoms with Crippen molar-refractivity contribution in [1.29, 1.82) is 0 Å². The van der Waals surface area contributed by atoms with Gasteiger partial charge < -0.3 is 15.5 Å². The number of hydrogen-bond donors (Lipinski definition) is 3. The molecule has 0 bridgehead atoms. The molecule has 3 N–H and O–H groups in total. The van der Waals surface area contributed by atoms with E-state index in [4.69, 9.17) is 11.6 Å². The maximum Gasteiger partial charge on any atom is 0.266 e. The number of halogens is 2. The van der Waals surface area contributed by atoms with E-state index < -0.39 is 11.5 Å². The molecule has 0 aromatic heterocycles. The van der Waals surface area contributed by atoms with Crippen molar-refractivity contribution in [2.24, 2.45) is 0 Å². The zero-order chi connectivity index (χ0) is 14.5. The second-order valence-electron chi connectivity index (χ2n) is 4.52. The molecule has 102 valence electrons. The van der Waals surface area contributed by atoms with Crippen molar-refractivity contribution in [1.82, 2.24) is 0 Å². The molecule has 2 aromatic carbocycles. The lowest BCUT2D eigenvalue weighted by molar-refractivity contribution is -0.129. The van der Waals surface area contributed by atoms with Gasteiger partial charge in [-0.1, -0.05) is 27.5 Å². The van der Waals surface area contributed by atoms with E-state index in [1.165, 1.54) is 18.2 Å². The molecule has 1 amide bonds. The van der Waals surface area contributed by atoms with E-state index in [9.17, 15) is 15.0 Å². The fraction of sp³-hybridized carbons (Fsp3) is 0.0714. The predicted octanol–water partition coefficient (Wildman–Crippen LogP) is 3.00. The lowest BCUT2D eigenvalue weighted by atomic mass is 9.87. The van der Waals surface area contributed by atoms with E-state index in [0.29, 0.717) is 20.7 Å². The minimum absolute atomic E-state index is 0.0550. The molecule has 2 aromatic rings. The van der Waals surface area contributed by atoms with E-state index in [-0.39, 0.29) is 11.3 Å². The zero-order valence-corrected chi connectivity index (χ0v) is 12.4. The molecule has 0 fully saturated rings. The standard InChI is InChI=1S/C14H9BrClNO3/c15-7-1-3-11-9(5-7)14(20,13(19)17-11)10-6-8(16)2-4-12(10)18/h1-6,18,20H,(H,17,19). The van der Waals surface area contributed by atoms with Gasteiger partial charge in [0.25, 0.3) is 5.91 Å². The largest absolute Gasteiger partial charge is 0.508 e. The molecule has 1 unspecified atom stereocenters. The Hall–Kier alpha value is -1.56. The monoisotopic (exact) mass is 353 g/mol. The molecule has 1 atom stereocenters. The van der Waals surface area contributed by atoms with Crippen LogP contribution in [0.4, 0.5) is 5.69 Å². The van der Waals surface area contributed by atoms with E-state index in [1.807, 2.05) is 0 Å². The van der Waals surface area contributed by atoms with Gasteiger partial charge >= 0.3 is 0 Å². The minimum atomic E-state index is -1.96. The van der Waals surface area contributed by atoms with Crippen molar-refractivity contribution in [3.8, 4) is 5.75 Å². The highest BCUT2D eigenvalue weighted by Gasteiger charge is 2.48. The van der Waals surface area contributed by atoms with Crippen LogP contribution in [-0.2, 0) is 10.4 Å². The molecule has 4 nitrogen and oxygen atoms in total. The molecule has 1 aliphatic rings. The number of fused-ring (bicyclic) bond motifs is 1. The number of aliphatic hydroxyl groups is 1. The summed E-state index contributed by atoms with van der Waals surface area (Å²) < 4.78 is 0.715. The van der Waals surface area contributed by atoms with Gasteiger partial charge in [-0.3, -0.25) is 4.79 Å². The Morgan fingerprint density at radius 1 is 1.15 bits per heavy atom. The summed E-state index contributed by atoms with van der Waals surface area (Å²) in [4.78, 5) is 12.2. The summed E-state index contributed by atoms with van der Waals surface area (Å²) in [6.07, 6.45) is 0. The third-order valence-corrected chi connectivity index (χ3v) is 4.02. The first-order chi connectivity index (χ1) is 9.42. The average Bonchev–Trinajstić information content (AvgIpc) is 2.66. The van der Waals surface area contributed by atoms with Crippen LogP contribution in [0, 0.1) is 0 Å². The lowest BCUT2D eigenvalue weighted by Gasteiger charge is -2.22. The summed E-state index contributed by atoms with van der Waals surface area (Å²) >= 11 is 9.20. The number of carbonyl (C=O) groups is 1. The molecule has 1 heterocycles. The highest BCUT2D eigenvalue weighted by Crippen LogP contribution is 2.45. The van der Waals surface area contributed by atoms with Gasteiger partial charge in [-0.2, -0.15) is 0 Å². The zero-order valence-electron chi connectivity index (χ0n) is 10.0. The molecule has 0 saturated heterocycles. The molecular formula is C14H9BrClNO3. The van der Waals surface area contributed by atoms with Gasteiger partial charge in [0.05, 0.1) is 0 Å². The number of rotatable bonds is 1. The Morgan fingerprint density at radius 3 is 2.65 bits per heavy atom. The fourth-order valence-corrected chi connectivity index (χ4v) is 2.86. The molecule has 0 radical (unpaired) electrons. The topological polar surface area (TPSA) is 69.6 Å². The van der Waals surface area contributed by atoms with Gasteiger partial charge in [-0.15, -0.1) is 0 Å². The normalized spacial score (nSPS) is 20.6. The number of anilines is 1. The third-order valence-electron chi connectivity index (χ3n) is 3.30. The fourth-order valence-electron chi connectivity index (χ4n) is 2.33. The van der Waals surface area contributed by atoms with Crippen LogP contribution in [0.5, 0.6) is 5.75 Å². The van der Waals surface area contributed by atoms with E-state index in [2.05, 4.69) is 21.2 Å². The number of aromatic hydroxyl groups is 1. The van der Waals surface area contributed by atoms with Crippen LogP contribution in [-0.4, -0.2) is 16.1 Å². The smallest absolute Gasteiger partial charge is 0.266 e. The van der Waals surface area contributed by atoms with Crippen LogP contribution in [0.2, 0.25) is 5.02 Å². The number of hydrogen-bond acceptors (Lipinski definition) is 3. The summed E-state index contributed by atoms with van der Waals surface area (Å²) in [5.74, 6) is -0.817. The first kappa shape index (κ1) is 13.4. The quantitative estimate of drug-likeness (QED) is 0.737. The Kier molecular flexibility index (Phi) is 3.01. The molecule has 1 aliphatic heterocycles. The van der Waals surface area contributed by atoms with Crippen molar-refractivity contribution in [3.05, 3.63) is 57.0 Å². The number of phenolic OH excluding ortho intramolecular Hbond substituents is 1. The number of benzene rings is 2. The first-order valence-corrected chi connectivity index (χ1v) is 6.93. The summed E-state index contributed by atoms with van der Waals surface area (Å²) in [6.45, 7) is 0.